The highest BCUT2D eigenvalue weighted by molar-refractivity contribution is 5.79. The summed E-state index contributed by atoms with van der Waals surface area (Å²) in [5, 5.41) is 11.8. The van der Waals surface area contributed by atoms with Crippen LogP contribution in [-0.2, 0) is 16.1 Å². The van der Waals surface area contributed by atoms with Crippen molar-refractivity contribution in [1.29, 1.82) is 0 Å². The zero-order valence-corrected chi connectivity index (χ0v) is 10.7. The Morgan fingerprint density at radius 2 is 1.89 bits per heavy atom. The smallest absolute Gasteiger partial charge is 0.306 e. The molecule has 0 aromatic carbocycles. The lowest BCUT2D eigenvalue weighted by molar-refractivity contribution is -0.144. The Kier molecular flexibility index (Phi) is 4.49. The molecule has 19 heavy (non-hydrogen) atoms. The summed E-state index contributed by atoms with van der Waals surface area (Å²) >= 11 is 0. The van der Waals surface area contributed by atoms with Gasteiger partial charge in [0.05, 0.1) is 18.2 Å². The standard InChI is InChI=1S/C14H18N2O3/c17-13(16-9-12-3-1-2-8-15-12)10-4-6-11(7-5-10)14(18)19/h1-3,8,10-11H,4-7,9H2,(H,16,17)(H,18,19). The van der Waals surface area contributed by atoms with Gasteiger partial charge in [-0.3, -0.25) is 14.6 Å². The average molecular weight is 262 g/mol. The topological polar surface area (TPSA) is 79.3 Å². The van der Waals surface area contributed by atoms with Crippen LogP contribution in [0, 0.1) is 11.8 Å². The molecule has 1 aliphatic rings. The Balaban J connectivity index is 1.77. The van der Waals surface area contributed by atoms with E-state index >= 15 is 0 Å². The van der Waals surface area contributed by atoms with Crippen molar-refractivity contribution in [1.82, 2.24) is 10.3 Å². The van der Waals surface area contributed by atoms with E-state index in [-0.39, 0.29) is 17.7 Å². The fourth-order valence-electron chi connectivity index (χ4n) is 2.43. The van der Waals surface area contributed by atoms with Gasteiger partial charge in [0.25, 0.3) is 0 Å². The maximum Gasteiger partial charge on any atom is 0.306 e. The van der Waals surface area contributed by atoms with E-state index in [1.165, 1.54) is 0 Å². The van der Waals surface area contributed by atoms with Crippen molar-refractivity contribution in [3.05, 3.63) is 30.1 Å². The second-order valence-electron chi connectivity index (χ2n) is 4.93. The van der Waals surface area contributed by atoms with Gasteiger partial charge in [0.1, 0.15) is 0 Å². The number of pyridine rings is 1. The third-order valence-electron chi connectivity index (χ3n) is 3.62. The Bertz CT molecular complexity index is 439. The molecular formula is C14H18N2O3. The quantitative estimate of drug-likeness (QED) is 0.863. The molecule has 102 valence electrons. The number of hydrogen-bond donors (Lipinski definition) is 2. The summed E-state index contributed by atoms with van der Waals surface area (Å²) in [5.41, 5.74) is 0.829. The Morgan fingerprint density at radius 3 is 2.47 bits per heavy atom. The third-order valence-corrected chi connectivity index (χ3v) is 3.62. The third kappa shape index (κ3) is 3.77. The van der Waals surface area contributed by atoms with Gasteiger partial charge in [-0.15, -0.1) is 0 Å². The van der Waals surface area contributed by atoms with Crippen LogP contribution in [0.2, 0.25) is 0 Å². The molecule has 0 atom stereocenters. The summed E-state index contributed by atoms with van der Waals surface area (Å²) < 4.78 is 0. The zero-order valence-electron chi connectivity index (χ0n) is 10.7. The molecule has 1 saturated carbocycles. The molecule has 0 radical (unpaired) electrons. The first-order valence-corrected chi connectivity index (χ1v) is 6.57. The molecule has 0 aliphatic heterocycles. The van der Waals surface area contributed by atoms with E-state index in [9.17, 15) is 9.59 Å². The monoisotopic (exact) mass is 262 g/mol. The molecule has 5 nitrogen and oxygen atoms in total. The number of carbonyl (C=O) groups is 2. The van der Waals surface area contributed by atoms with E-state index in [1.54, 1.807) is 6.20 Å². The Hall–Kier alpha value is -1.91. The molecule has 2 rings (SSSR count). The van der Waals surface area contributed by atoms with E-state index in [2.05, 4.69) is 10.3 Å². The summed E-state index contributed by atoms with van der Waals surface area (Å²) in [7, 11) is 0. The number of carboxylic acids is 1. The number of hydrogen-bond acceptors (Lipinski definition) is 3. The van der Waals surface area contributed by atoms with Crippen LogP contribution < -0.4 is 5.32 Å². The van der Waals surface area contributed by atoms with Crippen molar-refractivity contribution in [2.24, 2.45) is 11.8 Å². The maximum absolute atomic E-state index is 12.0. The highest BCUT2D eigenvalue weighted by Gasteiger charge is 2.29. The van der Waals surface area contributed by atoms with Crippen molar-refractivity contribution >= 4 is 11.9 Å². The molecular weight excluding hydrogens is 244 g/mol. The number of aliphatic carboxylic acids is 1. The molecule has 0 bridgehead atoms. The number of aromatic nitrogens is 1. The van der Waals surface area contributed by atoms with Gasteiger partial charge in [-0.25, -0.2) is 0 Å². The first-order valence-electron chi connectivity index (χ1n) is 6.57. The second kappa shape index (κ2) is 6.31. The molecule has 2 N–H and O–H groups in total. The Labute approximate surface area is 112 Å². The van der Waals surface area contributed by atoms with Crippen LogP contribution in [0.25, 0.3) is 0 Å². The van der Waals surface area contributed by atoms with Crippen molar-refractivity contribution in [2.75, 3.05) is 0 Å². The molecule has 1 fully saturated rings. The fourth-order valence-corrected chi connectivity index (χ4v) is 2.43. The molecule has 1 amide bonds. The first-order chi connectivity index (χ1) is 9.16. The van der Waals surface area contributed by atoms with Gasteiger partial charge in [0.2, 0.25) is 5.91 Å². The van der Waals surface area contributed by atoms with Gasteiger partial charge in [-0.1, -0.05) is 6.07 Å². The van der Waals surface area contributed by atoms with Crippen LogP contribution in [0.4, 0.5) is 0 Å². The summed E-state index contributed by atoms with van der Waals surface area (Å²) in [6.07, 6.45) is 4.20. The minimum absolute atomic E-state index is 0.00879. The average Bonchev–Trinajstić information content (AvgIpc) is 2.46. The summed E-state index contributed by atoms with van der Waals surface area (Å²) in [6.45, 7) is 0.429. The van der Waals surface area contributed by atoms with Crippen molar-refractivity contribution in [3.8, 4) is 0 Å². The lowest BCUT2D eigenvalue weighted by atomic mass is 9.81. The highest BCUT2D eigenvalue weighted by atomic mass is 16.4. The van der Waals surface area contributed by atoms with Gasteiger partial charge in [0, 0.05) is 12.1 Å². The van der Waals surface area contributed by atoms with E-state index in [0.29, 0.717) is 32.2 Å². The molecule has 0 unspecified atom stereocenters. The van der Waals surface area contributed by atoms with Crippen molar-refractivity contribution in [2.45, 2.75) is 32.2 Å². The van der Waals surface area contributed by atoms with E-state index in [1.807, 2.05) is 18.2 Å². The predicted molar refractivity (Wildman–Crippen MR) is 69.2 cm³/mol. The van der Waals surface area contributed by atoms with E-state index in [4.69, 9.17) is 5.11 Å². The first kappa shape index (κ1) is 13.5. The SMILES string of the molecule is O=C(O)C1CCC(C(=O)NCc2ccccn2)CC1. The molecule has 1 aliphatic carbocycles. The van der Waals surface area contributed by atoms with Crippen LogP contribution in [0.15, 0.2) is 24.4 Å². The fraction of sp³-hybridized carbons (Fsp3) is 0.500. The molecule has 5 heteroatoms. The number of rotatable bonds is 4. The van der Waals surface area contributed by atoms with Gasteiger partial charge >= 0.3 is 5.97 Å². The minimum Gasteiger partial charge on any atom is -0.481 e. The number of amides is 1. The highest BCUT2D eigenvalue weighted by Crippen LogP contribution is 2.28. The second-order valence-corrected chi connectivity index (χ2v) is 4.93. The number of nitrogens with one attached hydrogen (secondary N) is 1. The van der Waals surface area contributed by atoms with Crippen LogP contribution in [0.1, 0.15) is 31.4 Å². The molecule has 0 saturated heterocycles. The van der Waals surface area contributed by atoms with Gasteiger partial charge in [0.15, 0.2) is 0 Å². The van der Waals surface area contributed by atoms with Gasteiger partial charge in [-0.05, 0) is 37.8 Å². The normalized spacial score (nSPS) is 22.7. The van der Waals surface area contributed by atoms with Crippen LogP contribution in [0.3, 0.4) is 0 Å². The summed E-state index contributed by atoms with van der Waals surface area (Å²) in [5.74, 6) is -1.07. The molecule has 1 aromatic rings. The minimum atomic E-state index is -0.743. The molecule has 1 heterocycles. The number of carbonyl (C=O) groups excluding carboxylic acids is 1. The lowest BCUT2D eigenvalue weighted by Gasteiger charge is -2.25. The van der Waals surface area contributed by atoms with Gasteiger partial charge < -0.3 is 10.4 Å². The predicted octanol–water partition coefficient (Wildman–Crippen LogP) is 1.59. The maximum atomic E-state index is 12.0. The summed E-state index contributed by atoms with van der Waals surface area (Å²) in [4.78, 5) is 26.9. The van der Waals surface area contributed by atoms with Gasteiger partial charge in [-0.2, -0.15) is 0 Å². The van der Waals surface area contributed by atoms with Crippen molar-refractivity contribution < 1.29 is 14.7 Å². The number of nitrogens with zero attached hydrogens (tertiary/aromatic N) is 1. The van der Waals surface area contributed by atoms with Crippen LogP contribution >= 0.6 is 0 Å². The Morgan fingerprint density at radius 1 is 1.21 bits per heavy atom. The largest absolute Gasteiger partial charge is 0.481 e. The van der Waals surface area contributed by atoms with E-state index < -0.39 is 5.97 Å². The zero-order chi connectivity index (χ0) is 13.7. The number of carboxylic acid groups (broad SMARTS) is 1. The van der Waals surface area contributed by atoms with Crippen LogP contribution in [0.5, 0.6) is 0 Å². The van der Waals surface area contributed by atoms with E-state index in [0.717, 1.165) is 5.69 Å². The lowest BCUT2D eigenvalue weighted by Crippen LogP contribution is -2.34. The molecule has 1 aromatic heterocycles. The molecule has 0 spiro atoms. The van der Waals surface area contributed by atoms with Crippen molar-refractivity contribution in [3.63, 3.8) is 0 Å². The summed E-state index contributed by atoms with van der Waals surface area (Å²) in [6, 6.07) is 5.58. The van der Waals surface area contributed by atoms with Crippen LogP contribution in [-0.4, -0.2) is 22.0 Å².